The number of hydrogen-bond acceptors (Lipinski definition) is 3. The summed E-state index contributed by atoms with van der Waals surface area (Å²) in [5.74, 6) is 0.120. The Hall–Kier alpha value is -1.65. The average Bonchev–Trinajstić information content (AvgIpc) is 2.81. The molecule has 0 spiro atoms. The van der Waals surface area contributed by atoms with Crippen LogP contribution in [0.3, 0.4) is 0 Å². The Morgan fingerprint density at radius 2 is 1.81 bits per heavy atom. The molecule has 0 radical (unpaired) electrons. The minimum absolute atomic E-state index is 0.120. The predicted molar refractivity (Wildman–Crippen MR) is 86.2 cm³/mol. The van der Waals surface area contributed by atoms with Crippen molar-refractivity contribution in [2.45, 2.75) is 12.5 Å². The van der Waals surface area contributed by atoms with Crippen LogP contribution in [-0.2, 0) is 16.3 Å². The lowest BCUT2D eigenvalue weighted by molar-refractivity contribution is 0.579. The molecule has 0 fully saturated rings. The van der Waals surface area contributed by atoms with Gasteiger partial charge in [0.25, 0.3) is 0 Å². The largest absolute Gasteiger partial charge is 0.312 e. The fourth-order valence-corrected chi connectivity index (χ4v) is 4.00. The first-order valence-electron chi connectivity index (χ1n) is 7.04. The molecule has 1 unspecified atom stereocenters. The van der Waals surface area contributed by atoms with Gasteiger partial charge in [0.15, 0.2) is 0 Å². The average molecular weight is 301 g/mol. The summed E-state index contributed by atoms with van der Waals surface area (Å²) >= 11 is 0. The zero-order valence-electron chi connectivity index (χ0n) is 12.3. The molecule has 1 aliphatic rings. The second-order valence-corrected chi connectivity index (χ2v) is 7.87. The van der Waals surface area contributed by atoms with E-state index in [4.69, 9.17) is 0 Å². The van der Waals surface area contributed by atoms with Gasteiger partial charge in [0.2, 0.25) is 0 Å². The second kappa shape index (κ2) is 5.28. The molecule has 4 heteroatoms. The second-order valence-electron chi connectivity index (χ2n) is 5.68. The molecule has 0 aliphatic heterocycles. The summed E-state index contributed by atoms with van der Waals surface area (Å²) in [6, 6.07) is 14.5. The third-order valence-electron chi connectivity index (χ3n) is 4.04. The Labute approximate surface area is 125 Å². The topological polar surface area (TPSA) is 46.2 Å². The van der Waals surface area contributed by atoms with Crippen molar-refractivity contribution >= 4 is 9.84 Å². The summed E-state index contributed by atoms with van der Waals surface area (Å²) in [6.45, 7) is 0. The highest BCUT2D eigenvalue weighted by Crippen LogP contribution is 2.37. The number of sulfone groups is 1. The number of rotatable bonds is 4. The third-order valence-corrected chi connectivity index (χ3v) is 4.98. The molecule has 0 amide bonds. The molecule has 1 atom stereocenters. The maximum Gasteiger partial charge on any atom is 0.149 e. The van der Waals surface area contributed by atoms with Gasteiger partial charge in [-0.1, -0.05) is 42.5 Å². The van der Waals surface area contributed by atoms with Gasteiger partial charge in [-0.2, -0.15) is 0 Å². The maximum atomic E-state index is 11.5. The van der Waals surface area contributed by atoms with Gasteiger partial charge in [0.1, 0.15) is 9.84 Å². The van der Waals surface area contributed by atoms with E-state index in [1.54, 1.807) is 7.05 Å². The molecule has 2 aromatic rings. The van der Waals surface area contributed by atoms with E-state index in [-0.39, 0.29) is 11.8 Å². The van der Waals surface area contributed by atoms with Gasteiger partial charge in [0, 0.05) is 12.3 Å². The van der Waals surface area contributed by atoms with E-state index in [2.05, 4.69) is 41.7 Å². The van der Waals surface area contributed by atoms with Crippen LogP contribution in [0.1, 0.15) is 22.7 Å². The molecule has 1 aliphatic carbocycles. The Bertz CT molecular complexity index is 781. The molecule has 110 valence electrons. The van der Waals surface area contributed by atoms with E-state index >= 15 is 0 Å². The summed E-state index contributed by atoms with van der Waals surface area (Å²) in [6.07, 6.45) is 2.20. The van der Waals surface area contributed by atoms with Gasteiger partial charge in [-0.25, -0.2) is 8.42 Å². The molecule has 3 nitrogen and oxygen atoms in total. The Balaban J connectivity index is 1.96. The summed E-state index contributed by atoms with van der Waals surface area (Å²) < 4.78 is 23.1. The van der Waals surface area contributed by atoms with Crippen LogP contribution in [0, 0.1) is 0 Å². The van der Waals surface area contributed by atoms with Gasteiger partial charge >= 0.3 is 0 Å². The number of hydrogen-bond donors (Lipinski definition) is 1. The standard InChI is InChI=1S/C17H19NO2S/c1-18-17(11-21(2,19)20)13-7-8-16-14(10-13)9-12-5-3-4-6-15(12)16/h3-8,10,17-18H,9,11H2,1-2H3. The molecule has 2 aromatic carbocycles. The Morgan fingerprint density at radius 3 is 2.52 bits per heavy atom. The van der Waals surface area contributed by atoms with Crippen molar-refractivity contribution in [3.05, 3.63) is 59.2 Å². The van der Waals surface area contributed by atoms with Crippen molar-refractivity contribution in [2.75, 3.05) is 19.1 Å². The van der Waals surface area contributed by atoms with Crippen LogP contribution in [0.2, 0.25) is 0 Å². The summed E-state index contributed by atoms with van der Waals surface area (Å²) in [5.41, 5.74) is 6.22. The van der Waals surface area contributed by atoms with Crippen LogP contribution in [-0.4, -0.2) is 27.5 Å². The smallest absolute Gasteiger partial charge is 0.149 e. The highest BCUT2D eigenvalue weighted by atomic mass is 32.2. The molecule has 0 aromatic heterocycles. The monoisotopic (exact) mass is 301 g/mol. The molecular formula is C17H19NO2S. The van der Waals surface area contributed by atoms with Crippen LogP contribution < -0.4 is 5.32 Å². The van der Waals surface area contributed by atoms with E-state index in [1.165, 1.54) is 28.5 Å². The number of benzene rings is 2. The van der Waals surface area contributed by atoms with E-state index in [0.717, 1.165) is 12.0 Å². The molecule has 0 saturated carbocycles. The minimum Gasteiger partial charge on any atom is -0.312 e. The molecule has 3 rings (SSSR count). The molecule has 0 bridgehead atoms. The van der Waals surface area contributed by atoms with E-state index in [9.17, 15) is 8.42 Å². The molecule has 21 heavy (non-hydrogen) atoms. The summed E-state index contributed by atoms with van der Waals surface area (Å²) in [4.78, 5) is 0. The van der Waals surface area contributed by atoms with Gasteiger partial charge in [-0.05, 0) is 41.3 Å². The lowest BCUT2D eigenvalue weighted by Gasteiger charge is -2.16. The fraction of sp³-hybridized carbons (Fsp3) is 0.294. The maximum absolute atomic E-state index is 11.5. The Kier molecular flexibility index (Phi) is 3.59. The first-order valence-corrected chi connectivity index (χ1v) is 9.10. The zero-order chi connectivity index (χ0) is 15.0. The van der Waals surface area contributed by atoms with Crippen molar-refractivity contribution < 1.29 is 8.42 Å². The molecular weight excluding hydrogens is 282 g/mol. The minimum atomic E-state index is -3.01. The van der Waals surface area contributed by atoms with Gasteiger partial charge in [-0.3, -0.25) is 0 Å². The van der Waals surface area contributed by atoms with E-state index < -0.39 is 9.84 Å². The van der Waals surface area contributed by atoms with E-state index in [0.29, 0.717) is 0 Å². The van der Waals surface area contributed by atoms with Gasteiger partial charge < -0.3 is 5.32 Å². The van der Waals surface area contributed by atoms with Crippen molar-refractivity contribution in [2.24, 2.45) is 0 Å². The first kappa shape index (κ1) is 14.3. The van der Waals surface area contributed by atoms with Crippen molar-refractivity contribution in [1.29, 1.82) is 0 Å². The molecule has 0 heterocycles. The van der Waals surface area contributed by atoms with Crippen LogP contribution in [0.4, 0.5) is 0 Å². The lowest BCUT2D eigenvalue weighted by atomic mass is 10.0. The first-order chi connectivity index (χ1) is 9.98. The predicted octanol–water partition coefficient (Wildman–Crippen LogP) is 2.56. The summed E-state index contributed by atoms with van der Waals surface area (Å²) in [7, 11) is -1.21. The van der Waals surface area contributed by atoms with E-state index in [1.807, 2.05) is 6.07 Å². The van der Waals surface area contributed by atoms with Gasteiger partial charge in [0.05, 0.1) is 5.75 Å². The fourth-order valence-electron chi connectivity index (χ4n) is 3.03. The highest BCUT2D eigenvalue weighted by Gasteiger charge is 2.21. The SMILES string of the molecule is CNC(CS(C)(=O)=O)c1ccc2c(c1)Cc1ccccc1-2. The van der Waals surface area contributed by atoms with Crippen LogP contribution >= 0.6 is 0 Å². The van der Waals surface area contributed by atoms with Crippen molar-refractivity contribution in [3.8, 4) is 11.1 Å². The number of nitrogens with one attached hydrogen (secondary N) is 1. The molecule has 1 N–H and O–H groups in total. The van der Waals surface area contributed by atoms with Crippen molar-refractivity contribution in [3.63, 3.8) is 0 Å². The number of fused-ring (bicyclic) bond motifs is 3. The van der Waals surface area contributed by atoms with Crippen LogP contribution in [0.15, 0.2) is 42.5 Å². The summed E-state index contributed by atoms with van der Waals surface area (Å²) in [5, 5.41) is 3.11. The third kappa shape index (κ3) is 2.87. The van der Waals surface area contributed by atoms with Crippen LogP contribution in [0.25, 0.3) is 11.1 Å². The quantitative estimate of drug-likeness (QED) is 0.805. The normalized spacial score (nSPS) is 14.6. The van der Waals surface area contributed by atoms with Crippen molar-refractivity contribution in [1.82, 2.24) is 5.32 Å². The lowest BCUT2D eigenvalue weighted by Crippen LogP contribution is -2.24. The van der Waals surface area contributed by atoms with Crippen LogP contribution in [0.5, 0.6) is 0 Å². The van der Waals surface area contributed by atoms with Gasteiger partial charge in [-0.15, -0.1) is 0 Å². The molecule has 0 saturated heterocycles. The Morgan fingerprint density at radius 1 is 1.10 bits per heavy atom. The zero-order valence-corrected chi connectivity index (χ0v) is 13.1. The highest BCUT2D eigenvalue weighted by molar-refractivity contribution is 7.90.